The van der Waals surface area contributed by atoms with E-state index < -0.39 is 0 Å². The lowest BCUT2D eigenvalue weighted by atomic mass is 10.0. The van der Waals surface area contributed by atoms with E-state index in [0.29, 0.717) is 36.8 Å². The molecule has 0 N–H and O–H groups in total. The van der Waals surface area contributed by atoms with Crippen molar-refractivity contribution in [3.05, 3.63) is 86.7 Å². The van der Waals surface area contributed by atoms with E-state index in [1.807, 2.05) is 54.3 Å². The van der Waals surface area contributed by atoms with Crippen LogP contribution >= 0.6 is 22.6 Å². The molecular weight excluding hydrogens is 532 g/mol. The summed E-state index contributed by atoms with van der Waals surface area (Å²) in [5.41, 5.74) is 4.31. The Morgan fingerprint density at radius 1 is 1.03 bits per heavy atom. The highest BCUT2D eigenvalue weighted by atomic mass is 127. The predicted molar refractivity (Wildman–Crippen MR) is 138 cm³/mol. The number of carbonyl (C=O) groups excluding carboxylic acids is 1. The summed E-state index contributed by atoms with van der Waals surface area (Å²) in [5.74, 6) is 0.987. The quantitative estimate of drug-likeness (QED) is 0.229. The summed E-state index contributed by atoms with van der Waals surface area (Å²) in [7, 11) is 0. The number of nitrogens with zero attached hydrogens (tertiary/aromatic N) is 1. The SMILES string of the molecule is CCCN1C(=O)/C(=C\c2cc(I)c(OCc3ccc(F)cc3)c(OCC)c2)c2ccccc21. The number of hydrogen-bond acceptors (Lipinski definition) is 3. The molecule has 1 aliphatic rings. The standard InChI is InChI=1S/C27H25FINO3/c1-3-13-30-24-8-6-5-7-21(24)22(27(30)31)14-19-15-23(29)26(25(16-19)32-4-2)33-17-18-9-11-20(28)12-10-18/h5-12,14-16H,3-4,13,17H2,1-2H3/b22-14-. The fourth-order valence-electron chi connectivity index (χ4n) is 3.87. The van der Waals surface area contributed by atoms with Crippen molar-refractivity contribution in [1.82, 2.24) is 0 Å². The normalized spacial score (nSPS) is 14.0. The van der Waals surface area contributed by atoms with Crippen LogP contribution in [0.2, 0.25) is 0 Å². The summed E-state index contributed by atoms with van der Waals surface area (Å²) >= 11 is 2.22. The number of halogens is 2. The monoisotopic (exact) mass is 557 g/mol. The van der Waals surface area contributed by atoms with Gasteiger partial charge in [0.2, 0.25) is 0 Å². The summed E-state index contributed by atoms with van der Waals surface area (Å²) in [6.07, 6.45) is 2.81. The molecule has 170 valence electrons. The van der Waals surface area contributed by atoms with E-state index >= 15 is 0 Å². The van der Waals surface area contributed by atoms with Gasteiger partial charge in [0.25, 0.3) is 5.91 Å². The minimum absolute atomic E-state index is 0.0163. The van der Waals surface area contributed by atoms with Gasteiger partial charge in [-0.2, -0.15) is 0 Å². The number of hydrogen-bond donors (Lipinski definition) is 0. The molecule has 0 unspecified atom stereocenters. The van der Waals surface area contributed by atoms with Crippen LogP contribution in [0.3, 0.4) is 0 Å². The van der Waals surface area contributed by atoms with Crippen molar-refractivity contribution in [3.8, 4) is 11.5 Å². The first kappa shape index (κ1) is 23.3. The molecule has 0 bridgehead atoms. The Bertz CT molecular complexity index is 1190. The molecule has 0 aromatic heterocycles. The Kier molecular flexibility index (Phi) is 7.33. The van der Waals surface area contributed by atoms with E-state index in [4.69, 9.17) is 9.47 Å². The first-order chi connectivity index (χ1) is 16.0. The van der Waals surface area contributed by atoms with Gasteiger partial charge in [-0.15, -0.1) is 0 Å². The van der Waals surface area contributed by atoms with Crippen LogP contribution in [0.15, 0.2) is 60.7 Å². The van der Waals surface area contributed by atoms with Gasteiger partial charge >= 0.3 is 0 Å². The van der Waals surface area contributed by atoms with E-state index in [-0.39, 0.29) is 11.7 Å². The van der Waals surface area contributed by atoms with E-state index in [9.17, 15) is 9.18 Å². The van der Waals surface area contributed by atoms with Crippen LogP contribution in [-0.2, 0) is 11.4 Å². The van der Waals surface area contributed by atoms with Gasteiger partial charge in [-0.3, -0.25) is 4.79 Å². The minimum atomic E-state index is -0.277. The molecule has 4 rings (SSSR count). The third-order valence-corrected chi connectivity index (χ3v) is 6.15. The van der Waals surface area contributed by atoms with E-state index in [2.05, 4.69) is 29.5 Å². The minimum Gasteiger partial charge on any atom is -0.490 e. The lowest BCUT2D eigenvalue weighted by Gasteiger charge is -2.16. The third-order valence-electron chi connectivity index (χ3n) is 5.35. The van der Waals surface area contributed by atoms with Crippen molar-refractivity contribution in [2.75, 3.05) is 18.1 Å². The summed E-state index contributed by atoms with van der Waals surface area (Å²) in [6.45, 7) is 5.45. The maximum atomic E-state index is 13.2. The second kappa shape index (κ2) is 10.4. The molecule has 0 fully saturated rings. The second-order valence-corrected chi connectivity index (χ2v) is 8.87. The molecule has 33 heavy (non-hydrogen) atoms. The topological polar surface area (TPSA) is 38.8 Å². The zero-order valence-corrected chi connectivity index (χ0v) is 20.8. The second-order valence-electron chi connectivity index (χ2n) is 7.71. The molecule has 1 aliphatic heterocycles. The molecule has 6 heteroatoms. The van der Waals surface area contributed by atoms with Gasteiger partial charge < -0.3 is 14.4 Å². The van der Waals surface area contributed by atoms with Gasteiger partial charge in [-0.25, -0.2) is 4.39 Å². The summed E-state index contributed by atoms with van der Waals surface area (Å²) in [4.78, 5) is 15.0. The summed E-state index contributed by atoms with van der Waals surface area (Å²) in [6, 6.07) is 18.0. The molecule has 3 aromatic rings. The van der Waals surface area contributed by atoms with Gasteiger partial charge in [-0.1, -0.05) is 37.3 Å². The summed E-state index contributed by atoms with van der Waals surface area (Å²) < 4.78 is 26.0. The number of amides is 1. The van der Waals surface area contributed by atoms with Crippen molar-refractivity contribution < 1.29 is 18.7 Å². The van der Waals surface area contributed by atoms with Crippen molar-refractivity contribution in [3.63, 3.8) is 0 Å². The van der Waals surface area contributed by atoms with Crippen LogP contribution in [0.5, 0.6) is 11.5 Å². The molecule has 0 saturated heterocycles. The van der Waals surface area contributed by atoms with Crippen molar-refractivity contribution in [2.24, 2.45) is 0 Å². The van der Waals surface area contributed by atoms with Crippen LogP contribution in [0.1, 0.15) is 37.0 Å². The molecule has 4 nitrogen and oxygen atoms in total. The molecular formula is C27H25FINO3. The molecule has 3 aromatic carbocycles. The maximum absolute atomic E-state index is 13.2. The zero-order valence-electron chi connectivity index (χ0n) is 18.6. The average molecular weight is 557 g/mol. The number of rotatable bonds is 8. The first-order valence-corrected chi connectivity index (χ1v) is 12.1. The van der Waals surface area contributed by atoms with Crippen LogP contribution in [0.4, 0.5) is 10.1 Å². The molecule has 0 spiro atoms. The Labute approximate surface area is 207 Å². The highest BCUT2D eigenvalue weighted by Gasteiger charge is 2.31. The van der Waals surface area contributed by atoms with Gasteiger partial charge in [-0.05, 0) is 83.5 Å². The highest BCUT2D eigenvalue weighted by molar-refractivity contribution is 14.1. The summed E-state index contributed by atoms with van der Waals surface area (Å²) in [5, 5.41) is 0. The number of anilines is 1. The largest absolute Gasteiger partial charge is 0.490 e. The third kappa shape index (κ3) is 5.05. The Morgan fingerprint density at radius 2 is 1.79 bits per heavy atom. The van der Waals surface area contributed by atoms with Crippen LogP contribution in [-0.4, -0.2) is 19.1 Å². The molecule has 0 atom stereocenters. The van der Waals surface area contributed by atoms with E-state index in [0.717, 1.165) is 32.4 Å². The fraction of sp³-hybridized carbons (Fsp3) is 0.222. The molecule has 0 radical (unpaired) electrons. The lowest BCUT2D eigenvalue weighted by Crippen LogP contribution is -2.26. The smallest absolute Gasteiger partial charge is 0.258 e. The number of benzene rings is 3. The predicted octanol–water partition coefficient (Wildman–Crippen LogP) is 6.71. The Hall–Kier alpha value is -2.87. The number of ether oxygens (including phenoxy) is 2. The molecule has 0 aliphatic carbocycles. The van der Waals surface area contributed by atoms with Gasteiger partial charge in [0, 0.05) is 17.7 Å². The van der Waals surface area contributed by atoms with Crippen molar-refractivity contribution in [1.29, 1.82) is 0 Å². The van der Waals surface area contributed by atoms with E-state index in [1.165, 1.54) is 12.1 Å². The van der Waals surface area contributed by atoms with E-state index in [1.54, 1.807) is 12.1 Å². The zero-order chi connectivity index (χ0) is 23.4. The first-order valence-electron chi connectivity index (χ1n) is 11.0. The number of para-hydroxylation sites is 1. The van der Waals surface area contributed by atoms with Crippen molar-refractivity contribution >= 4 is 45.8 Å². The van der Waals surface area contributed by atoms with Crippen LogP contribution in [0, 0.1) is 9.39 Å². The molecule has 0 saturated carbocycles. The number of carbonyl (C=O) groups is 1. The van der Waals surface area contributed by atoms with Gasteiger partial charge in [0.1, 0.15) is 12.4 Å². The Balaban J connectivity index is 1.67. The highest BCUT2D eigenvalue weighted by Crippen LogP contribution is 2.40. The van der Waals surface area contributed by atoms with Crippen LogP contribution < -0.4 is 14.4 Å². The van der Waals surface area contributed by atoms with Crippen LogP contribution in [0.25, 0.3) is 11.6 Å². The average Bonchev–Trinajstić information content (AvgIpc) is 3.06. The molecule has 1 heterocycles. The lowest BCUT2D eigenvalue weighted by molar-refractivity contribution is -0.113. The number of fused-ring (bicyclic) bond motifs is 1. The van der Waals surface area contributed by atoms with Gasteiger partial charge in [0.05, 0.1) is 15.9 Å². The van der Waals surface area contributed by atoms with Crippen molar-refractivity contribution in [2.45, 2.75) is 26.9 Å². The molecule has 1 amide bonds. The Morgan fingerprint density at radius 3 is 2.52 bits per heavy atom. The maximum Gasteiger partial charge on any atom is 0.258 e. The van der Waals surface area contributed by atoms with Gasteiger partial charge in [0.15, 0.2) is 11.5 Å². The fourth-order valence-corrected chi connectivity index (χ4v) is 4.65.